The summed E-state index contributed by atoms with van der Waals surface area (Å²) in [5.74, 6) is 0.952. The largest absolute Gasteiger partial charge is 0.352 e. The third-order valence-corrected chi connectivity index (χ3v) is 4.25. The van der Waals surface area contributed by atoms with E-state index in [1.807, 2.05) is 0 Å². The highest BCUT2D eigenvalue weighted by molar-refractivity contribution is 5.78. The second-order valence-electron chi connectivity index (χ2n) is 6.86. The van der Waals surface area contributed by atoms with Gasteiger partial charge in [-0.2, -0.15) is 0 Å². The van der Waals surface area contributed by atoms with Crippen LogP contribution in [-0.4, -0.2) is 24.5 Å². The topological polar surface area (TPSA) is 41.1 Å². The molecule has 1 unspecified atom stereocenters. The van der Waals surface area contributed by atoms with Crippen molar-refractivity contribution in [1.82, 2.24) is 10.6 Å². The van der Waals surface area contributed by atoms with Crippen molar-refractivity contribution in [3.05, 3.63) is 0 Å². The average Bonchev–Trinajstić information content (AvgIpc) is 2.64. The second-order valence-corrected chi connectivity index (χ2v) is 6.86. The number of hydrogen-bond donors (Lipinski definition) is 2. The van der Waals surface area contributed by atoms with E-state index < -0.39 is 0 Å². The van der Waals surface area contributed by atoms with Gasteiger partial charge in [-0.3, -0.25) is 4.79 Å². The van der Waals surface area contributed by atoms with E-state index in [1.165, 1.54) is 38.5 Å². The molecule has 3 nitrogen and oxygen atoms in total. The molecule has 3 heteroatoms. The van der Waals surface area contributed by atoms with Crippen LogP contribution in [0.25, 0.3) is 0 Å². The Morgan fingerprint density at radius 1 is 1.05 bits per heavy atom. The van der Waals surface area contributed by atoms with Crippen molar-refractivity contribution in [3.8, 4) is 0 Å². The van der Waals surface area contributed by atoms with E-state index in [0.29, 0.717) is 18.6 Å². The van der Waals surface area contributed by atoms with Crippen LogP contribution in [0.4, 0.5) is 0 Å². The van der Waals surface area contributed by atoms with E-state index in [9.17, 15) is 4.79 Å². The van der Waals surface area contributed by atoms with Crippen LogP contribution in [0.1, 0.15) is 78.6 Å². The number of carbonyl (C=O) groups excluding carboxylic acids is 1. The number of hydrogen-bond acceptors (Lipinski definition) is 2. The first kappa shape index (κ1) is 17.5. The molecule has 0 heterocycles. The van der Waals surface area contributed by atoms with Crippen molar-refractivity contribution < 1.29 is 4.79 Å². The van der Waals surface area contributed by atoms with Gasteiger partial charge in [-0.05, 0) is 32.1 Å². The molecule has 0 aliphatic heterocycles. The Bertz CT molecular complexity index is 258. The SMILES string of the molecule is CC(C)CCCC(C)NCC(=O)NC1CCCCCC1. The quantitative estimate of drug-likeness (QED) is 0.667. The summed E-state index contributed by atoms with van der Waals surface area (Å²) in [5.41, 5.74) is 0. The van der Waals surface area contributed by atoms with Crippen molar-refractivity contribution in [2.45, 2.75) is 90.6 Å². The minimum Gasteiger partial charge on any atom is -0.352 e. The molecule has 20 heavy (non-hydrogen) atoms. The third kappa shape index (κ3) is 8.57. The standard InChI is InChI=1S/C17H34N2O/c1-14(2)9-8-10-15(3)18-13-17(20)19-16-11-6-4-5-7-12-16/h14-16,18H,4-13H2,1-3H3,(H,19,20). The lowest BCUT2D eigenvalue weighted by Gasteiger charge is -2.18. The molecule has 1 saturated carbocycles. The van der Waals surface area contributed by atoms with Gasteiger partial charge in [0.2, 0.25) is 5.91 Å². The van der Waals surface area contributed by atoms with Gasteiger partial charge in [0.1, 0.15) is 0 Å². The van der Waals surface area contributed by atoms with Crippen molar-refractivity contribution in [2.24, 2.45) is 5.92 Å². The van der Waals surface area contributed by atoms with E-state index in [-0.39, 0.29) is 5.91 Å². The Hall–Kier alpha value is -0.570. The first-order valence-corrected chi connectivity index (χ1v) is 8.60. The van der Waals surface area contributed by atoms with Gasteiger partial charge in [0.15, 0.2) is 0 Å². The smallest absolute Gasteiger partial charge is 0.234 e. The summed E-state index contributed by atoms with van der Waals surface area (Å²) in [6.45, 7) is 7.18. The van der Waals surface area contributed by atoms with Gasteiger partial charge in [0.05, 0.1) is 6.54 Å². The van der Waals surface area contributed by atoms with Crippen LogP contribution >= 0.6 is 0 Å². The Labute approximate surface area is 125 Å². The maximum absolute atomic E-state index is 11.9. The summed E-state index contributed by atoms with van der Waals surface area (Å²) in [6.07, 6.45) is 11.2. The molecule has 0 saturated heterocycles. The number of carbonyl (C=O) groups is 1. The first-order chi connectivity index (χ1) is 9.58. The summed E-state index contributed by atoms with van der Waals surface area (Å²) in [4.78, 5) is 11.9. The lowest BCUT2D eigenvalue weighted by Crippen LogP contribution is -2.42. The Morgan fingerprint density at radius 2 is 1.70 bits per heavy atom. The van der Waals surface area contributed by atoms with E-state index >= 15 is 0 Å². The molecule has 1 amide bonds. The lowest BCUT2D eigenvalue weighted by molar-refractivity contribution is -0.121. The molecule has 0 radical (unpaired) electrons. The van der Waals surface area contributed by atoms with Gasteiger partial charge in [0, 0.05) is 12.1 Å². The highest BCUT2D eigenvalue weighted by Gasteiger charge is 2.14. The zero-order chi connectivity index (χ0) is 14.8. The third-order valence-electron chi connectivity index (χ3n) is 4.25. The van der Waals surface area contributed by atoms with Crippen LogP contribution < -0.4 is 10.6 Å². The first-order valence-electron chi connectivity index (χ1n) is 8.60. The highest BCUT2D eigenvalue weighted by Crippen LogP contribution is 2.17. The van der Waals surface area contributed by atoms with Crippen molar-refractivity contribution >= 4 is 5.91 Å². The summed E-state index contributed by atoms with van der Waals surface area (Å²) < 4.78 is 0. The molecule has 0 spiro atoms. The minimum atomic E-state index is 0.174. The maximum atomic E-state index is 11.9. The van der Waals surface area contributed by atoms with Gasteiger partial charge in [-0.25, -0.2) is 0 Å². The predicted octanol–water partition coefficient (Wildman–Crippen LogP) is 3.63. The van der Waals surface area contributed by atoms with Crippen LogP contribution in [0.15, 0.2) is 0 Å². The normalized spacial score (nSPS) is 18.8. The van der Waals surface area contributed by atoms with E-state index in [4.69, 9.17) is 0 Å². The molecule has 2 N–H and O–H groups in total. The lowest BCUT2D eigenvalue weighted by atomic mass is 10.0. The Kier molecular flexibility index (Phi) is 8.92. The number of nitrogens with one attached hydrogen (secondary N) is 2. The summed E-state index contributed by atoms with van der Waals surface area (Å²) >= 11 is 0. The fourth-order valence-corrected chi connectivity index (χ4v) is 2.90. The van der Waals surface area contributed by atoms with Crippen LogP contribution in [0, 0.1) is 5.92 Å². The van der Waals surface area contributed by atoms with Gasteiger partial charge in [-0.1, -0.05) is 52.4 Å². The molecule has 118 valence electrons. The fourth-order valence-electron chi connectivity index (χ4n) is 2.90. The van der Waals surface area contributed by atoms with Gasteiger partial charge >= 0.3 is 0 Å². The molecule has 1 fully saturated rings. The number of rotatable bonds is 8. The molecule has 0 bridgehead atoms. The highest BCUT2D eigenvalue weighted by atomic mass is 16.1. The van der Waals surface area contributed by atoms with Crippen molar-refractivity contribution in [2.75, 3.05) is 6.54 Å². The van der Waals surface area contributed by atoms with Crippen LogP contribution in [0.3, 0.4) is 0 Å². The molecule has 0 aromatic rings. The average molecular weight is 282 g/mol. The predicted molar refractivity (Wildman–Crippen MR) is 85.8 cm³/mol. The second kappa shape index (κ2) is 10.2. The molecule has 0 aromatic heterocycles. The van der Waals surface area contributed by atoms with E-state index in [0.717, 1.165) is 25.2 Å². The monoisotopic (exact) mass is 282 g/mol. The zero-order valence-corrected chi connectivity index (χ0v) is 13.7. The molecular formula is C17H34N2O. The van der Waals surface area contributed by atoms with Crippen LogP contribution in [-0.2, 0) is 4.79 Å². The Balaban J connectivity index is 2.09. The van der Waals surface area contributed by atoms with Crippen molar-refractivity contribution in [1.29, 1.82) is 0 Å². The Morgan fingerprint density at radius 3 is 2.30 bits per heavy atom. The van der Waals surface area contributed by atoms with Gasteiger partial charge < -0.3 is 10.6 Å². The summed E-state index contributed by atoms with van der Waals surface area (Å²) in [5, 5.41) is 6.54. The zero-order valence-electron chi connectivity index (χ0n) is 13.7. The number of amides is 1. The maximum Gasteiger partial charge on any atom is 0.234 e. The van der Waals surface area contributed by atoms with E-state index in [2.05, 4.69) is 31.4 Å². The van der Waals surface area contributed by atoms with Crippen LogP contribution in [0.5, 0.6) is 0 Å². The molecule has 1 aliphatic rings. The molecule has 1 aliphatic carbocycles. The molecular weight excluding hydrogens is 248 g/mol. The van der Waals surface area contributed by atoms with Crippen molar-refractivity contribution in [3.63, 3.8) is 0 Å². The summed E-state index contributed by atoms with van der Waals surface area (Å²) in [7, 11) is 0. The molecule has 1 atom stereocenters. The van der Waals surface area contributed by atoms with Crippen LogP contribution in [0.2, 0.25) is 0 Å². The van der Waals surface area contributed by atoms with Gasteiger partial charge in [-0.15, -0.1) is 0 Å². The van der Waals surface area contributed by atoms with E-state index in [1.54, 1.807) is 0 Å². The summed E-state index contributed by atoms with van der Waals surface area (Å²) in [6, 6.07) is 0.858. The fraction of sp³-hybridized carbons (Fsp3) is 0.941. The molecule has 0 aromatic carbocycles. The minimum absolute atomic E-state index is 0.174. The molecule has 1 rings (SSSR count). The van der Waals surface area contributed by atoms with Gasteiger partial charge in [0.25, 0.3) is 0 Å².